The number of methoxy groups -OCH3 is 1. The maximum atomic E-state index is 13.1. The van der Waals surface area contributed by atoms with Crippen LogP contribution in [0.5, 0.6) is 5.75 Å². The number of ether oxygens (including phenoxy) is 1. The lowest BCUT2D eigenvalue weighted by Crippen LogP contribution is -2.18. The number of pyridine rings is 1. The van der Waals surface area contributed by atoms with Gasteiger partial charge in [0.1, 0.15) is 5.75 Å². The predicted octanol–water partition coefficient (Wildman–Crippen LogP) is 6.56. The second-order valence-corrected chi connectivity index (χ2v) is 8.88. The van der Waals surface area contributed by atoms with E-state index in [0.29, 0.717) is 33.8 Å². The van der Waals surface area contributed by atoms with Gasteiger partial charge in [-0.05, 0) is 53.4 Å². The van der Waals surface area contributed by atoms with Gasteiger partial charge in [-0.1, -0.05) is 66.2 Å². The lowest BCUT2D eigenvalue weighted by molar-refractivity contribution is 0.0956. The number of halogens is 1. The van der Waals surface area contributed by atoms with Crippen molar-refractivity contribution in [2.75, 3.05) is 7.11 Å². The van der Waals surface area contributed by atoms with Gasteiger partial charge in [-0.15, -0.1) is 0 Å². The number of hydrogen-bond acceptors (Lipinski definition) is 4. The molecule has 0 atom stereocenters. The smallest absolute Gasteiger partial charge is 0.272 e. The Morgan fingerprint density at radius 1 is 1.03 bits per heavy atom. The maximum absolute atomic E-state index is 13.1. The van der Waals surface area contributed by atoms with Crippen LogP contribution in [0.4, 0.5) is 0 Å². The number of hydrogen-bond donors (Lipinski definition) is 1. The van der Waals surface area contributed by atoms with E-state index >= 15 is 0 Å². The molecular weight excluding hydrogens is 478 g/mol. The van der Waals surface area contributed by atoms with E-state index in [4.69, 9.17) is 9.72 Å². The SMILES string of the molecule is COc1ccc2nc(-c3ccc(Br)cc3)cc(C(=O)NN=Cc3ccc(C(C)C)cc3)c2c1. The van der Waals surface area contributed by atoms with Gasteiger partial charge in [-0.3, -0.25) is 4.79 Å². The number of nitrogens with one attached hydrogen (secondary N) is 1. The molecule has 4 rings (SSSR count). The first-order chi connectivity index (χ1) is 15.9. The van der Waals surface area contributed by atoms with E-state index in [1.54, 1.807) is 19.4 Å². The summed E-state index contributed by atoms with van der Waals surface area (Å²) in [7, 11) is 1.60. The van der Waals surface area contributed by atoms with Crippen molar-refractivity contribution in [2.45, 2.75) is 19.8 Å². The van der Waals surface area contributed by atoms with E-state index in [-0.39, 0.29) is 5.91 Å². The second-order valence-electron chi connectivity index (χ2n) is 7.97. The number of rotatable bonds is 6. The molecule has 0 unspecified atom stereocenters. The van der Waals surface area contributed by atoms with Crippen molar-refractivity contribution in [2.24, 2.45) is 5.10 Å². The van der Waals surface area contributed by atoms with Crippen LogP contribution in [0.2, 0.25) is 0 Å². The summed E-state index contributed by atoms with van der Waals surface area (Å²) >= 11 is 3.46. The van der Waals surface area contributed by atoms with Crippen LogP contribution >= 0.6 is 15.9 Å². The van der Waals surface area contributed by atoms with Crippen molar-refractivity contribution in [3.05, 3.63) is 94.0 Å². The fourth-order valence-corrected chi connectivity index (χ4v) is 3.75. The quantitative estimate of drug-likeness (QED) is 0.240. The molecule has 33 heavy (non-hydrogen) atoms. The number of benzene rings is 3. The van der Waals surface area contributed by atoms with Crippen molar-refractivity contribution in [1.29, 1.82) is 0 Å². The average molecular weight is 502 g/mol. The van der Waals surface area contributed by atoms with E-state index in [1.165, 1.54) is 5.56 Å². The zero-order valence-corrected chi connectivity index (χ0v) is 20.3. The predicted molar refractivity (Wildman–Crippen MR) is 137 cm³/mol. The summed E-state index contributed by atoms with van der Waals surface area (Å²) in [5.41, 5.74) is 7.63. The first-order valence-electron chi connectivity index (χ1n) is 10.6. The highest BCUT2D eigenvalue weighted by Gasteiger charge is 2.15. The minimum atomic E-state index is -0.316. The van der Waals surface area contributed by atoms with Crippen molar-refractivity contribution in [1.82, 2.24) is 10.4 Å². The number of hydrazone groups is 1. The second kappa shape index (κ2) is 9.96. The Labute approximate surface area is 201 Å². The van der Waals surface area contributed by atoms with Gasteiger partial charge < -0.3 is 4.74 Å². The van der Waals surface area contributed by atoms with Crippen molar-refractivity contribution < 1.29 is 9.53 Å². The van der Waals surface area contributed by atoms with Crippen LogP contribution in [0, 0.1) is 0 Å². The molecule has 0 radical (unpaired) electrons. The van der Waals surface area contributed by atoms with E-state index in [9.17, 15) is 4.79 Å². The van der Waals surface area contributed by atoms with Crippen molar-refractivity contribution in [3.8, 4) is 17.0 Å². The first kappa shape index (κ1) is 22.7. The molecule has 0 fully saturated rings. The lowest BCUT2D eigenvalue weighted by Gasteiger charge is -2.10. The van der Waals surface area contributed by atoms with Gasteiger partial charge in [0.2, 0.25) is 0 Å². The molecule has 0 bridgehead atoms. The Morgan fingerprint density at radius 2 is 1.76 bits per heavy atom. The largest absolute Gasteiger partial charge is 0.497 e. The van der Waals surface area contributed by atoms with Crippen LogP contribution in [0.25, 0.3) is 22.2 Å². The zero-order valence-electron chi connectivity index (χ0n) is 18.7. The van der Waals surface area contributed by atoms with Gasteiger partial charge in [0.05, 0.1) is 30.1 Å². The van der Waals surface area contributed by atoms with Gasteiger partial charge in [-0.25, -0.2) is 10.4 Å². The summed E-state index contributed by atoms with van der Waals surface area (Å²) < 4.78 is 6.33. The lowest BCUT2D eigenvalue weighted by atomic mass is 10.0. The van der Waals surface area contributed by atoms with Crippen LogP contribution < -0.4 is 10.2 Å². The molecule has 4 aromatic rings. The van der Waals surface area contributed by atoms with E-state index in [0.717, 1.165) is 15.6 Å². The Bertz CT molecular complexity index is 1310. The molecule has 0 saturated heterocycles. The standard InChI is InChI=1S/C27H24BrN3O2/c1-17(2)19-6-4-18(5-7-19)16-29-31-27(32)24-15-26(20-8-10-21(28)11-9-20)30-25-13-12-22(33-3)14-23(24)25/h4-17H,1-3H3,(H,31,32). The molecule has 1 aromatic heterocycles. The van der Waals surface area contributed by atoms with E-state index in [2.05, 4.69) is 52.4 Å². The Kier molecular flexibility index (Phi) is 6.84. The molecular formula is C27H24BrN3O2. The molecule has 6 heteroatoms. The molecule has 1 N–H and O–H groups in total. The van der Waals surface area contributed by atoms with Crippen LogP contribution in [0.15, 0.2) is 82.4 Å². The molecule has 3 aromatic carbocycles. The fraction of sp³-hybridized carbons (Fsp3) is 0.148. The fourth-order valence-electron chi connectivity index (χ4n) is 3.48. The summed E-state index contributed by atoms with van der Waals surface area (Å²) in [4.78, 5) is 17.9. The van der Waals surface area contributed by atoms with Gasteiger partial charge >= 0.3 is 0 Å². The van der Waals surface area contributed by atoms with Gasteiger partial charge in [0, 0.05) is 15.4 Å². The molecule has 0 spiro atoms. The van der Waals surface area contributed by atoms with Crippen LogP contribution in [0.1, 0.15) is 41.3 Å². The molecule has 0 aliphatic carbocycles. The zero-order chi connectivity index (χ0) is 23.4. The summed E-state index contributed by atoms with van der Waals surface area (Å²) in [5, 5.41) is 4.87. The highest BCUT2D eigenvalue weighted by atomic mass is 79.9. The molecule has 0 aliphatic heterocycles. The van der Waals surface area contributed by atoms with Crippen LogP contribution in [-0.4, -0.2) is 24.2 Å². The number of aromatic nitrogens is 1. The minimum absolute atomic E-state index is 0.316. The summed E-state index contributed by atoms with van der Waals surface area (Å²) in [6, 6.07) is 23.2. The number of fused-ring (bicyclic) bond motifs is 1. The highest BCUT2D eigenvalue weighted by molar-refractivity contribution is 9.10. The highest BCUT2D eigenvalue weighted by Crippen LogP contribution is 2.28. The molecule has 5 nitrogen and oxygen atoms in total. The number of carbonyl (C=O) groups excluding carboxylic acids is 1. The third kappa shape index (κ3) is 5.29. The van der Waals surface area contributed by atoms with Crippen molar-refractivity contribution >= 4 is 39.0 Å². The number of amides is 1. The Balaban J connectivity index is 1.66. The first-order valence-corrected chi connectivity index (χ1v) is 11.4. The van der Waals surface area contributed by atoms with E-state index < -0.39 is 0 Å². The van der Waals surface area contributed by atoms with Gasteiger partial charge in [0.25, 0.3) is 5.91 Å². The van der Waals surface area contributed by atoms with Crippen LogP contribution in [-0.2, 0) is 0 Å². The minimum Gasteiger partial charge on any atom is -0.497 e. The molecule has 1 heterocycles. The van der Waals surface area contributed by atoms with Crippen LogP contribution in [0.3, 0.4) is 0 Å². The Hall–Kier alpha value is -3.51. The number of carbonyl (C=O) groups is 1. The maximum Gasteiger partial charge on any atom is 0.272 e. The summed E-state index contributed by atoms with van der Waals surface area (Å²) in [6.07, 6.45) is 1.64. The average Bonchev–Trinajstić information content (AvgIpc) is 2.83. The van der Waals surface area contributed by atoms with E-state index in [1.807, 2.05) is 54.6 Å². The van der Waals surface area contributed by atoms with Gasteiger partial charge in [0.15, 0.2) is 0 Å². The third-order valence-electron chi connectivity index (χ3n) is 5.38. The van der Waals surface area contributed by atoms with Crippen molar-refractivity contribution in [3.63, 3.8) is 0 Å². The normalized spacial score (nSPS) is 11.3. The Morgan fingerprint density at radius 3 is 2.42 bits per heavy atom. The molecule has 0 aliphatic rings. The monoisotopic (exact) mass is 501 g/mol. The summed E-state index contributed by atoms with van der Waals surface area (Å²) in [6.45, 7) is 4.31. The van der Waals surface area contributed by atoms with Gasteiger partial charge in [-0.2, -0.15) is 5.10 Å². The summed E-state index contributed by atoms with van der Waals surface area (Å²) in [5.74, 6) is 0.806. The number of nitrogens with zero attached hydrogens (tertiary/aromatic N) is 2. The topological polar surface area (TPSA) is 63.6 Å². The molecule has 166 valence electrons. The third-order valence-corrected chi connectivity index (χ3v) is 5.91. The molecule has 1 amide bonds. The molecule has 0 saturated carbocycles.